The summed E-state index contributed by atoms with van der Waals surface area (Å²) < 4.78 is 15.1. The maximum atomic E-state index is 10.5. The summed E-state index contributed by atoms with van der Waals surface area (Å²) >= 11 is 0. The van der Waals surface area contributed by atoms with Crippen LogP contribution in [-0.2, 0) is 4.74 Å². The molecule has 16 heavy (non-hydrogen) atoms. The molecule has 0 unspecified atom stereocenters. The predicted octanol–water partition coefficient (Wildman–Crippen LogP) is 1.79. The molecule has 1 aromatic rings. The quantitative estimate of drug-likeness (QED) is 0.320. The molecule has 0 aromatic heterocycles. The van der Waals surface area contributed by atoms with Gasteiger partial charge in [0.1, 0.15) is 0 Å². The van der Waals surface area contributed by atoms with Gasteiger partial charge in [0.2, 0.25) is 0 Å². The molecule has 1 rings (SSSR count). The van der Waals surface area contributed by atoms with Crippen molar-refractivity contribution in [2.45, 2.75) is 0 Å². The summed E-state index contributed by atoms with van der Waals surface area (Å²) in [6.45, 7) is 3.79. The van der Waals surface area contributed by atoms with Crippen LogP contribution in [0.4, 0.5) is 5.69 Å². The maximum absolute atomic E-state index is 10.5. The molecule has 0 spiro atoms. The van der Waals surface area contributed by atoms with E-state index in [0.717, 1.165) is 0 Å². The van der Waals surface area contributed by atoms with E-state index in [1.165, 1.54) is 25.3 Å². The highest BCUT2D eigenvalue weighted by Crippen LogP contribution is 2.30. The standard InChI is InChI=1S/C10H12NO5/c1-3-15-7-16-9-5-4-8(11(12)13)6-10(9)14-2/h4-6H,1,3,7H2,2H3. The van der Waals surface area contributed by atoms with Gasteiger partial charge in [0.25, 0.3) is 5.69 Å². The number of rotatable bonds is 6. The Morgan fingerprint density at radius 2 is 2.19 bits per heavy atom. The monoisotopic (exact) mass is 226 g/mol. The lowest BCUT2D eigenvalue weighted by Crippen LogP contribution is -2.03. The number of methoxy groups -OCH3 is 1. The van der Waals surface area contributed by atoms with Gasteiger partial charge in [-0.2, -0.15) is 0 Å². The molecule has 0 heterocycles. The molecule has 1 aromatic carbocycles. The van der Waals surface area contributed by atoms with E-state index in [2.05, 4.69) is 6.92 Å². The van der Waals surface area contributed by atoms with Crippen LogP contribution >= 0.6 is 0 Å². The molecule has 6 nitrogen and oxygen atoms in total. The Labute approximate surface area is 92.9 Å². The molecule has 0 aliphatic carbocycles. The van der Waals surface area contributed by atoms with Crippen LogP contribution in [0.5, 0.6) is 11.5 Å². The zero-order valence-corrected chi connectivity index (χ0v) is 8.84. The Hall–Kier alpha value is -1.82. The number of nitro groups is 1. The van der Waals surface area contributed by atoms with Gasteiger partial charge in [-0.05, 0) is 13.0 Å². The van der Waals surface area contributed by atoms with Gasteiger partial charge >= 0.3 is 0 Å². The molecule has 6 heteroatoms. The van der Waals surface area contributed by atoms with E-state index in [4.69, 9.17) is 14.2 Å². The van der Waals surface area contributed by atoms with Crippen LogP contribution < -0.4 is 9.47 Å². The summed E-state index contributed by atoms with van der Waals surface area (Å²) in [5, 5.41) is 10.5. The number of hydrogen-bond donors (Lipinski definition) is 0. The Morgan fingerprint density at radius 3 is 2.75 bits per heavy atom. The first-order valence-corrected chi connectivity index (χ1v) is 4.51. The molecule has 0 aliphatic rings. The van der Waals surface area contributed by atoms with E-state index in [-0.39, 0.29) is 19.1 Å². The molecule has 1 radical (unpaired) electrons. The fourth-order valence-corrected chi connectivity index (χ4v) is 1.05. The number of nitrogens with zero attached hydrogens (tertiary/aromatic N) is 1. The molecule has 0 saturated heterocycles. The number of nitro benzene ring substituents is 1. The highest BCUT2D eigenvalue weighted by Gasteiger charge is 2.11. The molecule has 0 fully saturated rings. The van der Waals surface area contributed by atoms with E-state index >= 15 is 0 Å². The highest BCUT2D eigenvalue weighted by atomic mass is 16.7. The summed E-state index contributed by atoms with van der Waals surface area (Å²) in [5.74, 6) is 0.684. The van der Waals surface area contributed by atoms with E-state index in [1.807, 2.05) is 0 Å². The number of hydrogen-bond acceptors (Lipinski definition) is 5. The minimum atomic E-state index is -0.501. The molecule has 0 bridgehead atoms. The average Bonchev–Trinajstić information content (AvgIpc) is 2.29. The predicted molar refractivity (Wildman–Crippen MR) is 56.5 cm³/mol. The Morgan fingerprint density at radius 1 is 1.44 bits per heavy atom. The normalized spacial score (nSPS) is 9.88. The summed E-state index contributed by atoms with van der Waals surface area (Å²) in [6.07, 6.45) is 0. The summed E-state index contributed by atoms with van der Waals surface area (Å²) in [7, 11) is 1.41. The van der Waals surface area contributed by atoms with Gasteiger partial charge in [-0.15, -0.1) is 0 Å². The van der Waals surface area contributed by atoms with Gasteiger partial charge in [-0.1, -0.05) is 0 Å². The summed E-state index contributed by atoms with van der Waals surface area (Å²) in [5.41, 5.74) is -0.0534. The van der Waals surface area contributed by atoms with Crippen LogP contribution in [0.15, 0.2) is 18.2 Å². The SMILES string of the molecule is [CH2]COCOc1ccc([N+](=O)[O-])cc1OC. The van der Waals surface area contributed by atoms with Crippen LogP contribution in [0.1, 0.15) is 0 Å². The highest BCUT2D eigenvalue weighted by molar-refractivity contribution is 5.48. The molecule has 0 amide bonds. The van der Waals surface area contributed by atoms with Crippen molar-refractivity contribution in [1.29, 1.82) is 0 Å². The van der Waals surface area contributed by atoms with Crippen molar-refractivity contribution in [3.05, 3.63) is 35.2 Å². The molecule has 0 aliphatic heterocycles. The summed E-state index contributed by atoms with van der Waals surface area (Å²) in [6, 6.07) is 4.09. The maximum Gasteiger partial charge on any atom is 0.273 e. The Kier molecular flexibility index (Phi) is 4.53. The summed E-state index contributed by atoms with van der Waals surface area (Å²) in [4.78, 5) is 10.0. The van der Waals surface area contributed by atoms with Gasteiger partial charge in [-0.25, -0.2) is 0 Å². The van der Waals surface area contributed by atoms with Crippen molar-refractivity contribution in [2.24, 2.45) is 0 Å². The van der Waals surface area contributed by atoms with Crippen LogP contribution in [0, 0.1) is 17.0 Å². The van der Waals surface area contributed by atoms with Gasteiger partial charge in [0.05, 0.1) is 24.7 Å². The lowest BCUT2D eigenvalue weighted by molar-refractivity contribution is -0.385. The first kappa shape index (κ1) is 12.3. The van der Waals surface area contributed by atoms with E-state index in [1.54, 1.807) is 0 Å². The van der Waals surface area contributed by atoms with Crippen molar-refractivity contribution >= 4 is 5.69 Å². The van der Waals surface area contributed by atoms with Crippen LogP contribution in [0.25, 0.3) is 0 Å². The molecular formula is C10H12NO5. The lowest BCUT2D eigenvalue weighted by atomic mass is 10.3. The molecule has 0 atom stereocenters. The zero-order chi connectivity index (χ0) is 12.0. The fraction of sp³-hybridized carbons (Fsp3) is 0.300. The van der Waals surface area contributed by atoms with E-state index in [0.29, 0.717) is 11.5 Å². The lowest BCUT2D eigenvalue weighted by Gasteiger charge is -2.09. The third kappa shape index (κ3) is 3.09. The van der Waals surface area contributed by atoms with Crippen LogP contribution in [0.2, 0.25) is 0 Å². The largest absolute Gasteiger partial charge is 0.493 e. The Balaban J connectivity index is 2.80. The third-order valence-corrected chi connectivity index (χ3v) is 1.80. The fourth-order valence-electron chi connectivity index (χ4n) is 1.05. The first-order valence-electron chi connectivity index (χ1n) is 4.51. The average molecular weight is 226 g/mol. The number of ether oxygens (including phenoxy) is 3. The van der Waals surface area contributed by atoms with Gasteiger partial charge in [0, 0.05) is 6.07 Å². The van der Waals surface area contributed by atoms with Gasteiger partial charge in [-0.3, -0.25) is 10.1 Å². The smallest absolute Gasteiger partial charge is 0.273 e. The van der Waals surface area contributed by atoms with Crippen LogP contribution in [-0.4, -0.2) is 25.4 Å². The number of non-ortho nitro benzene ring substituents is 1. The second-order valence-electron chi connectivity index (χ2n) is 2.76. The van der Waals surface area contributed by atoms with Crippen LogP contribution in [0.3, 0.4) is 0 Å². The second-order valence-corrected chi connectivity index (χ2v) is 2.76. The second kappa shape index (κ2) is 5.92. The molecular weight excluding hydrogens is 214 g/mol. The van der Waals surface area contributed by atoms with Gasteiger partial charge < -0.3 is 14.2 Å². The van der Waals surface area contributed by atoms with Crippen molar-refractivity contribution in [2.75, 3.05) is 20.5 Å². The molecule has 87 valence electrons. The Bertz CT molecular complexity index is 366. The van der Waals surface area contributed by atoms with Crippen molar-refractivity contribution in [3.63, 3.8) is 0 Å². The van der Waals surface area contributed by atoms with E-state index in [9.17, 15) is 10.1 Å². The van der Waals surface area contributed by atoms with Crippen molar-refractivity contribution in [3.8, 4) is 11.5 Å². The topological polar surface area (TPSA) is 70.8 Å². The van der Waals surface area contributed by atoms with E-state index < -0.39 is 4.92 Å². The minimum absolute atomic E-state index is 0.0255. The third-order valence-electron chi connectivity index (χ3n) is 1.80. The van der Waals surface area contributed by atoms with Crippen molar-refractivity contribution < 1.29 is 19.1 Å². The zero-order valence-electron chi connectivity index (χ0n) is 8.84. The van der Waals surface area contributed by atoms with Gasteiger partial charge in [0.15, 0.2) is 18.3 Å². The number of benzene rings is 1. The molecule has 0 N–H and O–H groups in total. The minimum Gasteiger partial charge on any atom is -0.493 e. The van der Waals surface area contributed by atoms with Crippen molar-refractivity contribution in [1.82, 2.24) is 0 Å². The first-order chi connectivity index (χ1) is 7.69. The molecule has 0 saturated carbocycles.